The van der Waals surface area contributed by atoms with Gasteiger partial charge in [0, 0.05) is 24.7 Å². The van der Waals surface area contributed by atoms with Gasteiger partial charge in [-0.2, -0.15) is 0 Å². The number of hydrogen-bond donors (Lipinski definition) is 8. The first-order valence-corrected chi connectivity index (χ1v) is 10.4. The Labute approximate surface area is 194 Å². The number of aliphatic carboxylic acids is 1. The number of phenols is 1. The van der Waals surface area contributed by atoms with E-state index in [-0.39, 0.29) is 18.6 Å². The predicted molar refractivity (Wildman–Crippen MR) is 118 cm³/mol. The molecule has 0 radical (unpaired) electrons. The van der Waals surface area contributed by atoms with Gasteiger partial charge in [-0.25, -0.2) is 9.78 Å². The van der Waals surface area contributed by atoms with Crippen LogP contribution in [-0.4, -0.2) is 79.8 Å². The maximum absolute atomic E-state index is 12.4. The van der Waals surface area contributed by atoms with E-state index in [0.29, 0.717) is 11.3 Å². The van der Waals surface area contributed by atoms with Gasteiger partial charge in [0.1, 0.15) is 23.9 Å². The van der Waals surface area contributed by atoms with Crippen molar-refractivity contribution in [2.75, 3.05) is 6.61 Å². The summed E-state index contributed by atoms with van der Waals surface area (Å²) in [7, 11) is 0. The summed E-state index contributed by atoms with van der Waals surface area (Å²) in [6.07, 6.45) is 3.00. The lowest BCUT2D eigenvalue weighted by Gasteiger charge is -2.22. The van der Waals surface area contributed by atoms with E-state index < -0.39 is 54.5 Å². The minimum absolute atomic E-state index is 0.0174. The van der Waals surface area contributed by atoms with Crippen LogP contribution in [0, 0.1) is 0 Å². The van der Waals surface area contributed by atoms with E-state index in [1.54, 1.807) is 0 Å². The van der Waals surface area contributed by atoms with Crippen molar-refractivity contribution in [1.29, 1.82) is 0 Å². The number of carboxylic acids is 1. The van der Waals surface area contributed by atoms with Crippen molar-refractivity contribution in [1.82, 2.24) is 25.9 Å². The molecule has 0 aliphatic carbocycles. The van der Waals surface area contributed by atoms with Crippen molar-refractivity contribution in [3.8, 4) is 5.75 Å². The van der Waals surface area contributed by atoms with Gasteiger partial charge in [-0.3, -0.25) is 14.4 Å². The Morgan fingerprint density at radius 1 is 1.00 bits per heavy atom. The molecule has 184 valence electrons. The number of carbonyl (C=O) groups excluding carboxylic acids is 3. The summed E-state index contributed by atoms with van der Waals surface area (Å²) in [5, 5.41) is 35.2. The van der Waals surface area contributed by atoms with Crippen LogP contribution in [0.25, 0.3) is 0 Å². The van der Waals surface area contributed by atoms with Gasteiger partial charge in [0.15, 0.2) is 0 Å². The summed E-state index contributed by atoms with van der Waals surface area (Å²) < 4.78 is 0. The molecule has 0 saturated carbocycles. The van der Waals surface area contributed by atoms with E-state index in [1.165, 1.54) is 43.7 Å². The zero-order valence-electron chi connectivity index (χ0n) is 18.4. The minimum Gasteiger partial charge on any atom is -0.508 e. The number of aliphatic hydroxyl groups excluding tert-OH is 1. The summed E-state index contributed by atoms with van der Waals surface area (Å²) in [6, 6.07) is 0.986. The number of hydrogen-bond acceptors (Lipinski definition) is 8. The van der Waals surface area contributed by atoms with Crippen molar-refractivity contribution in [2.45, 2.75) is 43.9 Å². The van der Waals surface area contributed by atoms with Gasteiger partial charge in [-0.15, -0.1) is 0 Å². The molecule has 0 bridgehead atoms. The Bertz CT molecular complexity index is 980. The number of amides is 3. The van der Waals surface area contributed by atoms with Crippen LogP contribution in [0.1, 0.15) is 18.2 Å². The first-order chi connectivity index (χ1) is 16.1. The predicted octanol–water partition coefficient (Wildman–Crippen LogP) is -2.22. The third-order valence-corrected chi connectivity index (χ3v) is 4.89. The molecule has 1 heterocycles. The van der Waals surface area contributed by atoms with E-state index in [0.717, 1.165) is 0 Å². The van der Waals surface area contributed by atoms with Gasteiger partial charge in [-0.05, 0) is 24.6 Å². The van der Waals surface area contributed by atoms with Crippen molar-refractivity contribution < 1.29 is 34.5 Å². The third kappa shape index (κ3) is 7.86. The minimum atomic E-state index is -1.37. The van der Waals surface area contributed by atoms with Crippen molar-refractivity contribution in [2.24, 2.45) is 5.73 Å². The Kier molecular flexibility index (Phi) is 9.52. The van der Waals surface area contributed by atoms with Gasteiger partial charge in [0.05, 0.1) is 19.0 Å². The molecule has 4 atom stereocenters. The molecular weight excluding hydrogens is 448 g/mol. The smallest absolute Gasteiger partial charge is 0.326 e. The first kappa shape index (κ1) is 26.3. The van der Waals surface area contributed by atoms with Gasteiger partial charge >= 0.3 is 5.97 Å². The molecule has 3 amide bonds. The quantitative estimate of drug-likeness (QED) is 0.166. The molecule has 0 spiro atoms. The van der Waals surface area contributed by atoms with Crippen molar-refractivity contribution in [3.05, 3.63) is 48.0 Å². The van der Waals surface area contributed by atoms with E-state index in [1.807, 2.05) is 0 Å². The van der Waals surface area contributed by atoms with E-state index in [4.69, 9.17) is 5.73 Å². The molecule has 13 heteroatoms. The molecule has 34 heavy (non-hydrogen) atoms. The molecular formula is C21H28N6O7. The van der Waals surface area contributed by atoms with Crippen LogP contribution in [0.3, 0.4) is 0 Å². The van der Waals surface area contributed by atoms with Crippen LogP contribution in [0.15, 0.2) is 36.8 Å². The van der Waals surface area contributed by atoms with Gasteiger partial charge < -0.3 is 42.0 Å². The van der Waals surface area contributed by atoms with Crippen LogP contribution >= 0.6 is 0 Å². The van der Waals surface area contributed by atoms with Crippen LogP contribution < -0.4 is 21.7 Å². The second-order valence-corrected chi connectivity index (χ2v) is 7.63. The lowest BCUT2D eigenvalue weighted by molar-refractivity contribution is -0.142. The lowest BCUT2D eigenvalue weighted by Crippen LogP contribution is -2.57. The number of H-pyrrole nitrogens is 1. The number of nitrogens with one attached hydrogen (secondary N) is 4. The van der Waals surface area contributed by atoms with Gasteiger partial charge in [-0.1, -0.05) is 12.1 Å². The average molecular weight is 476 g/mol. The van der Waals surface area contributed by atoms with Crippen LogP contribution in [-0.2, 0) is 32.0 Å². The fourth-order valence-electron chi connectivity index (χ4n) is 2.94. The highest BCUT2D eigenvalue weighted by Gasteiger charge is 2.28. The summed E-state index contributed by atoms with van der Waals surface area (Å²) in [5.74, 6) is -3.59. The Balaban J connectivity index is 1.90. The molecule has 0 aliphatic heterocycles. The standard InChI is InChI=1S/C21H28N6O7/c1-11(18(30)26-16(21(33)34)6-12-2-4-14(29)5-3-12)25-20(32)17(9-28)27-19(31)15(22)7-13-8-23-10-24-13/h2-5,8,10-11,15-17,28-29H,6-7,9,22H2,1H3,(H,23,24)(H,25,32)(H,26,30)(H,27,31)(H,33,34). The Morgan fingerprint density at radius 3 is 2.21 bits per heavy atom. The zero-order chi connectivity index (χ0) is 25.3. The number of aliphatic hydroxyl groups is 1. The second-order valence-electron chi connectivity index (χ2n) is 7.63. The molecule has 0 saturated heterocycles. The number of carboxylic acid groups (broad SMARTS) is 1. The summed E-state index contributed by atoms with van der Waals surface area (Å²) in [6.45, 7) is 0.578. The summed E-state index contributed by atoms with van der Waals surface area (Å²) in [4.78, 5) is 55.3. The molecule has 13 nitrogen and oxygen atoms in total. The zero-order valence-corrected chi connectivity index (χ0v) is 18.4. The third-order valence-electron chi connectivity index (χ3n) is 4.89. The van der Waals surface area contributed by atoms with E-state index >= 15 is 0 Å². The summed E-state index contributed by atoms with van der Waals surface area (Å²) in [5.41, 5.74) is 6.98. The number of rotatable bonds is 12. The molecule has 1 aromatic carbocycles. The number of nitrogens with zero attached hydrogens (tertiary/aromatic N) is 1. The first-order valence-electron chi connectivity index (χ1n) is 10.4. The average Bonchev–Trinajstić information content (AvgIpc) is 3.30. The highest BCUT2D eigenvalue weighted by Crippen LogP contribution is 2.11. The van der Waals surface area contributed by atoms with E-state index in [2.05, 4.69) is 25.9 Å². The largest absolute Gasteiger partial charge is 0.508 e. The molecule has 0 fully saturated rings. The van der Waals surface area contributed by atoms with Crippen LogP contribution in [0.5, 0.6) is 5.75 Å². The number of phenolic OH excluding ortho intramolecular Hbond substituents is 1. The molecule has 2 rings (SSSR count). The second kappa shape index (κ2) is 12.3. The molecule has 9 N–H and O–H groups in total. The lowest BCUT2D eigenvalue weighted by atomic mass is 10.1. The molecule has 1 aromatic heterocycles. The van der Waals surface area contributed by atoms with Gasteiger partial charge in [0.25, 0.3) is 0 Å². The summed E-state index contributed by atoms with van der Waals surface area (Å²) >= 11 is 0. The highest BCUT2D eigenvalue weighted by molar-refractivity contribution is 5.94. The van der Waals surface area contributed by atoms with Crippen molar-refractivity contribution in [3.63, 3.8) is 0 Å². The SMILES string of the molecule is CC(NC(=O)C(CO)NC(=O)C(N)Cc1cnc[nH]1)C(=O)NC(Cc1ccc(O)cc1)C(=O)O. The number of carbonyl (C=O) groups is 4. The highest BCUT2D eigenvalue weighted by atomic mass is 16.4. The Hall–Kier alpha value is -3.97. The fourth-order valence-corrected chi connectivity index (χ4v) is 2.94. The fraction of sp³-hybridized carbons (Fsp3) is 0.381. The number of benzene rings is 1. The number of nitrogens with two attached hydrogens (primary N) is 1. The molecule has 4 unspecified atom stereocenters. The Morgan fingerprint density at radius 2 is 1.65 bits per heavy atom. The van der Waals surface area contributed by atoms with Crippen LogP contribution in [0.4, 0.5) is 0 Å². The maximum atomic E-state index is 12.4. The monoisotopic (exact) mass is 476 g/mol. The maximum Gasteiger partial charge on any atom is 0.326 e. The topological polar surface area (TPSA) is 220 Å². The van der Waals surface area contributed by atoms with Gasteiger partial charge in [0.2, 0.25) is 17.7 Å². The molecule has 0 aliphatic rings. The number of aromatic hydroxyl groups is 1. The van der Waals surface area contributed by atoms with Crippen LogP contribution in [0.2, 0.25) is 0 Å². The molecule has 2 aromatic rings. The normalized spacial score (nSPS) is 14.3. The number of aromatic amines is 1. The number of imidazole rings is 1. The van der Waals surface area contributed by atoms with Crippen molar-refractivity contribution >= 4 is 23.7 Å². The number of aromatic nitrogens is 2. The van der Waals surface area contributed by atoms with E-state index in [9.17, 15) is 34.5 Å².